The van der Waals surface area contributed by atoms with E-state index in [2.05, 4.69) is 62.5 Å². The summed E-state index contributed by atoms with van der Waals surface area (Å²) in [5.74, 6) is -0.856. The van der Waals surface area contributed by atoms with Crippen molar-refractivity contribution >= 4 is 19.8 Å². The number of esters is 2. The van der Waals surface area contributed by atoms with Gasteiger partial charge in [-0.15, -0.1) is 0 Å². The Morgan fingerprint density at radius 3 is 1.25 bits per heavy atom. The summed E-state index contributed by atoms with van der Waals surface area (Å²) in [5, 5.41) is 0. The average Bonchev–Trinajstić information content (AvgIpc) is 3.27. The number of nitrogens with two attached hydrogens (primary N) is 1. The molecule has 0 aromatic carbocycles. The molecule has 0 aromatic heterocycles. The zero-order valence-corrected chi connectivity index (χ0v) is 41.7. The van der Waals surface area contributed by atoms with Crippen LogP contribution in [0.4, 0.5) is 0 Å². The van der Waals surface area contributed by atoms with Gasteiger partial charge in [-0.2, -0.15) is 0 Å². The molecule has 0 heterocycles. The molecule has 1 unspecified atom stereocenters. The summed E-state index contributed by atoms with van der Waals surface area (Å²) >= 11 is 0. The van der Waals surface area contributed by atoms with Gasteiger partial charge in [-0.1, -0.05) is 223 Å². The Hall–Kier alpha value is -2.03. The van der Waals surface area contributed by atoms with E-state index in [9.17, 15) is 19.0 Å². The number of hydrogen-bond acceptors (Lipinski definition) is 8. The van der Waals surface area contributed by atoms with Crippen LogP contribution in [0.5, 0.6) is 0 Å². The van der Waals surface area contributed by atoms with Gasteiger partial charge in [0.1, 0.15) is 6.61 Å². The molecule has 0 saturated heterocycles. The normalized spacial score (nSPS) is 13.5. The number of unbranched alkanes of at least 4 members (excludes halogenated alkanes) is 28. The highest BCUT2D eigenvalue weighted by Crippen LogP contribution is 2.43. The lowest BCUT2D eigenvalue weighted by atomic mass is 10.0. The van der Waals surface area contributed by atoms with Crippen molar-refractivity contribution in [1.82, 2.24) is 0 Å². The standard InChI is InChI=1S/C53H98NO8P/c1-3-5-7-9-11-13-15-17-19-21-23-24-25-26-28-30-32-34-36-38-40-42-44-46-53(56)62-51(50-61-63(57,58)60-48-47-54)49-59-52(55)45-43-41-39-37-35-33-31-29-27-22-20-18-16-14-12-10-8-6-4-2/h12,14,18,20,27,29,33,35,51H,3-11,13,15-17,19,21-26,28,30-32,34,36-50,54H2,1-2H3,(H,57,58)/b14-12+,20-18+,29-27+,35-33+/t51-/m1/s1. The molecule has 0 fully saturated rings. The molecule has 10 heteroatoms. The molecule has 63 heavy (non-hydrogen) atoms. The maximum atomic E-state index is 12.7. The molecule has 368 valence electrons. The Morgan fingerprint density at radius 1 is 0.476 bits per heavy atom. The fourth-order valence-corrected chi connectivity index (χ4v) is 8.09. The van der Waals surface area contributed by atoms with Crippen molar-refractivity contribution in [3.8, 4) is 0 Å². The minimum Gasteiger partial charge on any atom is -0.462 e. The number of allylic oxidation sites excluding steroid dienone is 8. The highest BCUT2D eigenvalue weighted by Gasteiger charge is 2.26. The molecule has 0 aliphatic carbocycles. The maximum Gasteiger partial charge on any atom is 0.472 e. The molecule has 0 aromatic rings. The Balaban J connectivity index is 4.06. The third kappa shape index (κ3) is 49.2. The minimum atomic E-state index is -4.39. The van der Waals surface area contributed by atoms with Gasteiger partial charge in [-0.25, -0.2) is 4.57 Å². The van der Waals surface area contributed by atoms with E-state index in [0.29, 0.717) is 12.8 Å². The quantitative estimate of drug-likeness (QED) is 0.0265. The highest BCUT2D eigenvalue weighted by molar-refractivity contribution is 7.47. The molecule has 0 rings (SSSR count). The van der Waals surface area contributed by atoms with Crippen LogP contribution in [0.2, 0.25) is 0 Å². The van der Waals surface area contributed by atoms with Crippen LogP contribution < -0.4 is 5.73 Å². The van der Waals surface area contributed by atoms with Gasteiger partial charge in [0.05, 0.1) is 13.2 Å². The molecule has 2 atom stereocenters. The molecule has 9 nitrogen and oxygen atoms in total. The number of hydrogen-bond donors (Lipinski definition) is 2. The van der Waals surface area contributed by atoms with Crippen LogP contribution in [-0.2, 0) is 32.7 Å². The fraction of sp³-hybridized carbons (Fsp3) is 0.811. The van der Waals surface area contributed by atoms with Gasteiger partial charge in [-0.3, -0.25) is 18.6 Å². The number of rotatable bonds is 49. The minimum absolute atomic E-state index is 0.0487. The van der Waals surface area contributed by atoms with Crippen molar-refractivity contribution in [2.24, 2.45) is 5.73 Å². The van der Waals surface area contributed by atoms with Crippen LogP contribution >= 0.6 is 7.82 Å². The molecule has 0 aliphatic heterocycles. The van der Waals surface area contributed by atoms with E-state index in [4.69, 9.17) is 24.3 Å². The van der Waals surface area contributed by atoms with Crippen LogP contribution in [0.25, 0.3) is 0 Å². The molecule has 0 spiro atoms. The maximum absolute atomic E-state index is 12.7. The Morgan fingerprint density at radius 2 is 0.825 bits per heavy atom. The van der Waals surface area contributed by atoms with E-state index in [1.54, 1.807) is 0 Å². The molecule has 3 N–H and O–H groups in total. The molecule has 0 bridgehead atoms. The van der Waals surface area contributed by atoms with Crippen LogP contribution in [0.15, 0.2) is 48.6 Å². The van der Waals surface area contributed by atoms with Gasteiger partial charge in [-0.05, 0) is 57.8 Å². The van der Waals surface area contributed by atoms with Crippen molar-refractivity contribution in [1.29, 1.82) is 0 Å². The molecular formula is C53H98NO8P. The molecule has 0 amide bonds. The van der Waals surface area contributed by atoms with Crippen molar-refractivity contribution in [3.63, 3.8) is 0 Å². The largest absolute Gasteiger partial charge is 0.472 e. The lowest BCUT2D eigenvalue weighted by Crippen LogP contribution is -2.29. The van der Waals surface area contributed by atoms with E-state index in [1.165, 1.54) is 154 Å². The molecule has 0 aliphatic rings. The lowest BCUT2D eigenvalue weighted by molar-refractivity contribution is -0.161. The van der Waals surface area contributed by atoms with Crippen molar-refractivity contribution in [2.45, 2.75) is 251 Å². The molecule has 0 radical (unpaired) electrons. The van der Waals surface area contributed by atoms with Gasteiger partial charge < -0.3 is 20.1 Å². The lowest BCUT2D eigenvalue weighted by Gasteiger charge is -2.19. The smallest absolute Gasteiger partial charge is 0.462 e. The van der Waals surface area contributed by atoms with E-state index >= 15 is 0 Å². The first-order valence-corrected chi connectivity index (χ1v) is 27.6. The first-order chi connectivity index (χ1) is 30.8. The predicted octanol–water partition coefficient (Wildman–Crippen LogP) is 15.8. The van der Waals surface area contributed by atoms with Gasteiger partial charge in [0.25, 0.3) is 0 Å². The number of carbonyl (C=O) groups is 2. The number of carbonyl (C=O) groups excluding carboxylic acids is 2. The third-order valence-electron chi connectivity index (χ3n) is 11.2. The van der Waals surface area contributed by atoms with Crippen LogP contribution in [0, 0.1) is 0 Å². The van der Waals surface area contributed by atoms with E-state index < -0.39 is 32.5 Å². The summed E-state index contributed by atoms with van der Waals surface area (Å²) in [6.07, 6.45) is 58.7. The Kier molecular flexibility index (Phi) is 47.8. The third-order valence-corrected chi connectivity index (χ3v) is 12.2. The monoisotopic (exact) mass is 908 g/mol. The van der Waals surface area contributed by atoms with Gasteiger partial charge in [0.2, 0.25) is 0 Å². The second kappa shape index (κ2) is 49.4. The average molecular weight is 908 g/mol. The number of phosphoric ester groups is 1. The zero-order chi connectivity index (χ0) is 46.0. The first-order valence-electron chi connectivity index (χ1n) is 26.1. The predicted molar refractivity (Wildman–Crippen MR) is 266 cm³/mol. The summed E-state index contributed by atoms with van der Waals surface area (Å²) < 4.78 is 32.9. The van der Waals surface area contributed by atoms with Gasteiger partial charge >= 0.3 is 19.8 Å². The van der Waals surface area contributed by atoms with E-state index in [1.807, 2.05) is 0 Å². The summed E-state index contributed by atoms with van der Waals surface area (Å²) in [5.41, 5.74) is 5.37. The SMILES string of the molecule is CCCCC/C=C/C/C=C/C/C=C/C/C=C/CCCCCC(=O)OC[C@H](COP(=O)(O)OCCN)OC(=O)CCCCCCCCCCCCCCCCCCCCCCCCC. The van der Waals surface area contributed by atoms with Crippen LogP contribution in [0.3, 0.4) is 0 Å². The molecular weight excluding hydrogens is 810 g/mol. The van der Waals surface area contributed by atoms with E-state index in [-0.39, 0.29) is 32.6 Å². The number of phosphoric acid groups is 1. The first kappa shape index (κ1) is 61.0. The summed E-state index contributed by atoms with van der Waals surface area (Å²) in [6, 6.07) is 0. The topological polar surface area (TPSA) is 134 Å². The van der Waals surface area contributed by atoms with Gasteiger partial charge in [0.15, 0.2) is 6.10 Å². The van der Waals surface area contributed by atoms with Crippen LogP contribution in [-0.4, -0.2) is 49.3 Å². The van der Waals surface area contributed by atoms with Crippen molar-refractivity contribution in [2.75, 3.05) is 26.4 Å². The summed E-state index contributed by atoms with van der Waals surface area (Å²) in [6.45, 7) is 3.71. The van der Waals surface area contributed by atoms with Crippen molar-refractivity contribution in [3.05, 3.63) is 48.6 Å². The summed E-state index contributed by atoms with van der Waals surface area (Å²) in [4.78, 5) is 35.1. The van der Waals surface area contributed by atoms with Crippen molar-refractivity contribution < 1.29 is 37.6 Å². The van der Waals surface area contributed by atoms with Crippen LogP contribution in [0.1, 0.15) is 245 Å². The second-order valence-electron chi connectivity index (χ2n) is 17.4. The Bertz CT molecular complexity index is 1170. The van der Waals surface area contributed by atoms with Gasteiger partial charge in [0, 0.05) is 19.4 Å². The highest BCUT2D eigenvalue weighted by atomic mass is 31.2. The zero-order valence-electron chi connectivity index (χ0n) is 40.8. The summed E-state index contributed by atoms with van der Waals surface area (Å²) in [7, 11) is -4.39. The second-order valence-corrected chi connectivity index (χ2v) is 18.9. The number of ether oxygens (including phenoxy) is 2. The fourth-order valence-electron chi connectivity index (χ4n) is 7.33. The molecule has 0 saturated carbocycles. The Labute approximate surface area is 387 Å². The van der Waals surface area contributed by atoms with E-state index in [0.717, 1.165) is 51.4 Å².